The highest BCUT2D eigenvalue weighted by atomic mass is 16.3. The van der Waals surface area contributed by atoms with Gasteiger partial charge in [0, 0.05) is 60.0 Å². The lowest BCUT2D eigenvalue weighted by molar-refractivity contribution is 0.669. The summed E-state index contributed by atoms with van der Waals surface area (Å²) in [6.07, 6.45) is 0. The lowest BCUT2D eigenvalue weighted by Gasteiger charge is -2.14. The Morgan fingerprint density at radius 1 is 0.349 bits per heavy atom. The van der Waals surface area contributed by atoms with Crippen molar-refractivity contribution in [1.29, 1.82) is 0 Å². The van der Waals surface area contributed by atoms with Crippen molar-refractivity contribution in [2.45, 2.75) is 13.8 Å². The fourth-order valence-electron chi connectivity index (χ4n) is 9.26. The number of fused-ring (bicyclic) bond motifs is 11. The van der Waals surface area contributed by atoms with Crippen molar-refractivity contribution < 1.29 is 8.83 Å². The smallest absolute Gasteiger partial charge is 0.238 e. The monoisotopic (exact) mass is 810 g/mol. The highest BCUT2D eigenvalue weighted by Crippen LogP contribution is 2.43. The first-order valence-electron chi connectivity index (χ1n) is 21.4. The second-order valence-corrected chi connectivity index (χ2v) is 15.5. The molecular weight excluding hydrogens is 773 g/mol. The Morgan fingerprint density at radius 3 is 1.71 bits per heavy atom. The summed E-state index contributed by atoms with van der Waals surface area (Å²) in [4.78, 5) is 15.9. The van der Waals surface area contributed by atoms with Crippen molar-refractivity contribution in [3.05, 3.63) is 194 Å². The van der Waals surface area contributed by atoms with Crippen molar-refractivity contribution in [2.24, 2.45) is 0 Å². The summed E-state index contributed by atoms with van der Waals surface area (Å²) in [6, 6.07) is 67.4. The number of furan rings is 2. The van der Waals surface area contributed by atoms with Gasteiger partial charge in [0.2, 0.25) is 5.95 Å². The Balaban J connectivity index is 0.00000208. The first-order chi connectivity index (χ1) is 31.2. The minimum Gasteiger partial charge on any atom is -0.456 e. The largest absolute Gasteiger partial charge is 0.456 e. The summed E-state index contributed by atoms with van der Waals surface area (Å²) in [5.41, 5.74) is 11.4. The van der Waals surface area contributed by atoms with E-state index in [1.165, 1.54) is 0 Å². The number of benzene rings is 9. The molecule has 0 amide bonds. The zero-order chi connectivity index (χ0) is 42.0. The SMILES string of the molecule is CC.c1ccc(-c2nc(-c3ccc4c(c3)oc3ccccc34)nc(-n3c4c(-c5cccc(-c6cccc7c6oc6ccccc67)c5)cccc4c4ccc5ccccc5c43)n2)cc1. The average molecular weight is 811 g/mol. The molecule has 0 spiro atoms. The number of hydrogen-bond donors (Lipinski definition) is 0. The highest BCUT2D eigenvalue weighted by molar-refractivity contribution is 6.21. The Bertz CT molecular complexity index is 3900. The Kier molecular flexibility index (Phi) is 8.50. The molecule has 0 fully saturated rings. The first-order valence-corrected chi connectivity index (χ1v) is 21.4. The van der Waals surface area contributed by atoms with Gasteiger partial charge in [-0.3, -0.25) is 4.57 Å². The fourth-order valence-corrected chi connectivity index (χ4v) is 9.26. The van der Waals surface area contributed by atoms with Gasteiger partial charge in [-0.15, -0.1) is 0 Å². The van der Waals surface area contributed by atoms with E-state index in [0.717, 1.165) is 110 Å². The van der Waals surface area contributed by atoms with Crippen molar-refractivity contribution in [3.63, 3.8) is 0 Å². The van der Waals surface area contributed by atoms with Gasteiger partial charge in [0.05, 0.1) is 11.0 Å². The molecule has 0 aliphatic rings. The minimum absolute atomic E-state index is 0.528. The zero-order valence-corrected chi connectivity index (χ0v) is 34.6. The van der Waals surface area contributed by atoms with Gasteiger partial charge in [0.15, 0.2) is 11.6 Å². The van der Waals surface area contributed by atoms with Crippen LogP contribution in [0.2, 0.25) is 0 Å². The van der Waals surface area contributed by atoms with E-state index in [-0.39, 0.29) is 0 Å². The topological polar surface area (TPSA) is 69.9 Å². The van der Waals surface area contributed by atoms with Crippen molar-refractivity contribution in [2.75, 3.05) is 0 Å². The molecular formula is C57H38N4O2. The minimum atomic E-state index is 0.528. The van der Waals surface area contributed by atoms with Crippen molar-refractivity contribution in [1.82, 2.24) is 19.5 Å². The van der Waals surface area contributed by atoms with E-state index < -0.39 is 0 Å². The fraction of sp³-hybridized carbons (Fsp3) is 0.0351. The molecule has 0 aliphatic heterocycles. The van der Waals surface area contributed by atoms with Crippen LogP contribution in [0.3, 0.4) is 0 Å². The van der Waals surface area contributed by atoms with E-state index in [2.05, 4.69) is 132 Å². The lowest BCUT2D eigenvalue weighted by atomic mass is 9.96. The Hall–Kier alpha value is -8.35. The normalized spacial score (nSPS) is 11.7. The van der Waals surface area contributed by atoms with Crippen LogP contribution in [-0.2, 0) is 0 Å². The summed E-state index contributed by atoms with van der Waals surface area (Å²) in [5.74, 6) is 1.67. The maximum Gasteiger partial charge on any atom is 0.238 e. The molecule has 13 rings (SSSR count). The van der Waals surface area contributed by atoms with Crippen LogP contribution in [0, 0.1) is 0 Å². The predicted octanol–water partition coefficient (Wildman–Crippen LogP) is 15.6. The highest BCUT2D eigenvalue weighted by Gasteiger charge is 2.23. The molecule has 0 unspecified atom stereocenters. The number of hydrogen-bond acceptors (Lipinski definition) is 5. The van der Waals surface area contributed by atoms with Gasteiger partial charge in [0.25, 0.3) is 0 Å². The third-order valence-electron chi connectivity index (χ3n) is 12.1. The Labute approximate surface area is 362 Å². The van der Waals surface area contributed by atoms with Crippen LogP contribution in [0.15, 0.2) is 203 Å². The molecule has 0 aliphatic carbocycles. The molecule has 63 heavy (non-hydrogen) atoms. The summed E-state index contributed by atoms with van der Waals surface area (Å²) < 4.78 is 15.1. The van der Waals surface area contributed by atoms with E-state index >= 15 is 0 Å². The Morgan fingerprint density at radius 2 is 0.905 bits per heavy atom. The van der Waals surface area contributed by atoms with Gasteiger partial charge in [-0.25, -0.2) is 4.98 Å². The number of nitrogens with zero attached hydrogens (tertiary/aromatic N) is 4. The average Bonchev–Trinajstić information content (AvgIpc) is 4.04. The summed E-state index contributed by atoms with van der Waals surface area (Å²) in [5, 5.41) is 8.81. The number of aromatic nitrogens is 4. The molecule has 0 bridgehead atoms. The number of rotatable bonds is 5. The third-order valence-corrected chi connectivity index (χ3v) is 12.1. The molecule has 0 saturated heterocycles. The predicted molar refractivity (Wildman–Crippen MR) is 259 cm³/mol. The third kappa shape index (κ3) is 5.83. The molecule has 9 aromatic carbocycles. The van der Waals surface area contributed by atoms with Crippen LogP contribution in [0.5, 0.6) is 0 Å². The van der Waals surface area contributed by atoms with Crippen molar-refractivity contribution >= 4 is 76.5 Å². The van der Waals surface area contributed by atoms with Crippen LogP contribution >= 0.6 is 0 Å². The molecule has 6 nitrogen and oxygen atoms in total. The van der Waals surface area contributed by atoms with E-state index in [0.29, 0.717) is 17.6 Å². The first kappa shape index (κ1) is 36.5. The van der Waals surface area contributed by atoms with Crippen LogP contribution in [0.25, 0.3) is 127 Å². The maximum atomic E-state index is 6.51. The van der Waals surface area contributed by atoms with Crippen LogP contribution in [-0.4, -0.2) is 19.5 Å². The maximum absolute atomic E-state index is 6.51. The molecule has 4 heterocycles. The lowest BCUT2D eigenvalue weighted by Crippen LogP contribution is -2.07. The quantitative estimate of drug-likeness (QED) is 0.173. The van der Waals surface area contributed by atoms with Gasteiger partial charge in [0.1, 0.15) is 22.3 Å². The van der Waals surface area contributed by atoms with E-state index in [1.807, 2.05) is 80.6 Å². The van der Waals surface area contributed by atoms with Gasteiger partial charge in [-0.05, 0) is 46.8 Å². The second kappa shape index (κ2) is 14.7. The van der Waals surface area contributed by atoms with Gasteiger partial charge in [-0.2, -0.15) is 9.97 Å². The summed E-state index contributed by atoms with van der Waals surface area (Å²) in [7, 11) is 0. The molecule has 0 radical (unpaired) electrons. The molecule has 0 N–H and O–H groups in total. The second-order valence-electron chi connectivity index (χ2n) is 15.5. The van der Waals surface area contributed by atoms with Gasteiger partial charge < -0.3 is 8.83 Å². The summed E-state index contributed by atoms with van der Waals surface area (Å²) in [6.45, 7) is 4.00. The molecule has 4 aromatic heterocycles. The van der Waals surface area contributed by atoms with Crippen LogP contribution in [0.1, 0.15) is 13.8 Å². The van der Waals surface area contributed by atoms with E-state index in [9.17, 15) is 0 Å². The molecule has 13 aromatic rings. The van der Waals surface area contributed by atoms with Crippen molar-refractivity contribution in [3.8, 4) is 51.0 Å². The standard InChI is InChI=1S/C55H32N4O2.C2H6/c1-2-14-34(15-3-1)53-56-54(37-28-29-43-41-19-6-8-25-47(41)60-49(43)32-37)58-55(57-53)59-50-38-18-5-4-13-33(38)27-30-45(50)44-23-11-21-39(51(44)59)35-16-10-17-36(31-35)40-22-12-24-46-42-20-7-9-26-48(42)61-52(40)46;1-2/h1-32H;1-2H3. The molecule has 6 heteroatoms. The van der Waals surface area contributed by atoms with Gasteiger partial charge >= 0.3 is 0 Å². The summed E-state index contributed by atoms with van der Waals surface area (Å²) >= 11 is 0. The van der Waals surface area contributed by atoms with E-state index in [4.69, 9.17) is 23.8 Å². The van der Waals surface area contributed by atoms with Crippen LogP contribution in [0.4, 0.5) is 0 Å². The molecule has 0 saturated carbocycles. The molecule has 298 valence electrons. The van der Waals surface area contributed by atoms with Crippen LogP contribution < -0.4 is 0 Å². The zero-order valence-electron chi connectivity index (χ0n) is 34.6. The van der Waals surface area contributed by atoms with Gasteiger partial charge in [-0.1, -0.05) is 178 Å². The molecule has 0 atom stereocenters. The number of para-hydroxylation sites is 4. The van der Waals surface area contributed by atoms with E-state index in [1.54, 1.807) is 0 Å².